The van der Waals surface area contributed by atoms with Gasteiger partial charge in [0.25, 0.3) is 5.91 Å². The van der Waals surface area contributed by atoms with Crippen molar-refractivity contribution in [1.29, 1.82) is 0 Å². The van der Waals surface area contributed by atoms with Gasteiger partial charge in [-0.3, -0.25) is 19.2 Å². The van der Waals surface area contributed by atoms with Crippen LogP contribution in [0.2, 0.25) is 0 Å². The predicted octanol–water partition coefficient (Wildman–Crippen LogP) is -2.80. The van der Waals surface area contributed by atoms with E-state index in [9.17, 15) is 58.3 Å². The number of rotatable bonds is 12. The molecule has 8 atom stereocenters. The number of aliphatic hydroxyl groups is 3. The average Bonchev–Trinajstić information content (AvgIpc) is 3.18. The molecule has 0 aliphatic carbocycles. The van der Waals surface area contributed by atoms with Crippen LogP contribution in [0.1, 0.15) is 13.3 Å². The van der Waals surface area contributed by atoms with Gasteiger partial charge < -0.3 is 44.7 Å². The number of carboxylic acids is 1. The summed E-state index contributed by atoms with van der Waals surface area (Å²) >= 11 is 0. The zero-order chi connectivity index (χ0) is 31.9. The highest BCUT2D eigenvalue weighted by molar-refractivity contribution is 7.66. The molecular formula is C17H29N3O19P3+. The van der Waals surface area contributed by atoms with Crippen molar-refractivity contribution in [2.75, 3.05) is 32.8 Å². The molecular weight excluding hydrogens is 643 g/mol. The molecule has 0 aromatic carbocycles. The minimum Gasteiger partial charge on any atom is -0.480 e. The number of aliphatic carboxylic acids is 1. The number of ether oxygens (including phenoxy) is 2. The molecule has 3 aliphatic heterocycles. The number of carbonyl (C=O) groups is 3. The molecule has 3 aliphatic rings. The van der Waals surface area contributed by atoms with E-state index in [1.165, 1.54) is 6.92 Å². The number of nitrogens with one attached hydrogen (secondary N) is 1. The Morgan fingerprint density at radius 3 is 2.31 bits per heavy atom. The number of urea groups is 1. The van der Waals surface area contributed by atoms with Crippen molar-refractivity contribution in [2.45, 2.75) is 43.8 Å². The molecule has 3 heterocycles. The molecule has 0 aromatic heterocycles. The van der Waals surface area contributed by atoms with E-state index < -0.39 is 109 Å². The van der Waals surface area contributed by atoms with Gasteiger partial charge in [0.1, 0.15) is 12.3 Å². The van der Waals surface area contributed by atoms with E-state index >= 15 is 0 Å². The number of imide groups is 1. The standard InChI is InChI=1S/C17H28N3O19P3/c1-9-5-20(16(27)18-15(9)26,12-2-10(23)11(6-21)35-12)13-3-19(4-14(24)25)7-17(8-22,36-13)37-41(31,32)39-42(33,34)38-40(28,29)30/h5,10-13,21-23H,2-4,6-8H2,1H3,(H5-,18,24,25,26,27,28,29,30,31,32,33,34)/p+1/t10-,11+,12+,13?,17?,20?/m0/s1. The van der Waals surface area contributed by atoms with Crippen LogP contribution in [0.5, 0.6) is 0 Å². The minimum absolute atomic E-state index is 0.110. The van der Waals surface area contributed by atoms with Crippen LogP contribution in [0.25, 0.3) is 0 Å². The van der Waals surface area contributed by atoms with E-state index in [1.807, 2.05) is 5.32 Å². The van der Waals surface area contributed by atoms with Gasteiger partial charge in [-0.1, -0.05) is 0 Å². The van der Waals surface area contributed by atoms with Gasteiger partial charge in [-0.15, -0.1) is 0 Å². The molecule has 2 fully saturated rings. The van der Waals surface area contributed by atoms with Gasteiger partial charge in [-0.2, -0.15) is 13.1 Å². The van der Waals surface area contributed by atoms with Gasteiger partial charge in [0.2, 0.25) is 18.2 Å². The number of aliphatic hydroxyl groups excluding tert-OH is 3. The van der Waals surface area contributed by atoms with Crippen molar-refractivity contribution in [3.8, 4) is 0 Å². The number of carbonyl (C=O) groups excluding carboxylic acids is 2. The maximum atomic E-state index is 13.5. The predicted molar refractivity (Wildman–Crippen MR) is 128 cm³/mol. The number of carboxylic acid groups (broad SMARTS) is 1. The smallest absolute Gasteiger partial charge is 0.480 e. The normalized spacial score (nSPS) is 35.7. The van der Waals surface area contributed by atoms with Crippen LogP contribution in [-0.2, 0) is 45.9 Å². The van der Waals surface area contributed by atoms with E-state index in [0.29, 0.717) is 0 Å². The number of morpholine rings is 1. The molecule has 3 amide bonds. The van der Waals surface area contributed by atoms with Crippen molar-refractivity contribution >= 4 is 41.4 Å². The molecule has 0 bridgehead atoms. The third-order valence-corrected chi connectivity index (χ3v) is 10.1. The average molecular weight is 672 g/mol. The zero-order valence-corrected chi connectivity index (χ0v) is 24.1. The first kappa shape index (κ1) is 35.0. The fourth-order valence-corrected chi connectivity index (χ4v) is 7.86. The van der Waals surface area contributed by atoms with Gasteiger partial charge in [-0.25, -0.2) is 28.3 Å². The second-order valence-corrected chi connectivity index (χ2v) is 13.8. The third kappa shape index (κ3) is 7.95. The molecule has 240 valence electrons. The molecule has 9 N–H and O–H groups in total. The SMILES string of the molecule is CC1=C[N+](C2CN(CC(=O)O)CC(CO)(OP(=O)(O)OP(=O)(O)OP(=O)(O)O)O2)([C@H]2C[C@H](O)[C@@H](CO)O2)C(=O)NC1=O. The number of phosphoric ester groups is 1. The summed E-state index contributed by atoms with van der Waals surface area (Å²) in [5, 5.41) is 41.6. The monoisotopic (exact) mass is 672 g/mol. The van der Waals surface area contributed by atoms with Gasteiger partial charge in [-0.05, 0) is 6.92 Å². The third-order valence-electron chi connectivity index (χ3n) is 6.20. The molecule has 3 rings (SSSR count). The van der Waals surface area contributed by atoms with E-state index in [4.69, 9.17) is 23.8 Å². The van der Waals surface area contributed by atoms with Gasteiger partial charge in [0, 0.05) is 0 Å². The molecule has 0 spiro atoms. The maximum Gasteiger partial charge on any atom is 0.490 e. The number of hydrogen-bond acceptors (Lipinski definition) is 15. The van der Waals surface area contributed by atoms with Gasteiger partial charge in [0.15, 0.2) is 0 Å². The summed E-state index contributed by atoms with van der Waals surface area (Å²) in [6.07, 6.45) is -5.14. The first-order valence-electron chi connectivity index (χ1n) is 11.6. The molecule has 42 heavy (non-hydrogen) atoms. The second-order valence-electron chi connectivity index (χ2n) is 9.41. The highest BCUT2D eigenvalue weighted by Crippen LogP contribution is 2.67. The molecule has 2 saturated heterocycles. The van der Waals surface area contributed by atoms with Crippen molar-refractivity contribution in [3.63, 3.8) is 0 Å². The van der Waals surface area contributed by atoms with E-state index in [1.54, 1.807) is 0 Å². The first-order chi connectivity index (χ1) is 19.2. The number of amides is 3. The lowest BCUT2D eigenvalue weighted by Crippen LogP contribution is -2.74. The summed E-state index contributed by atoms with van der Waals surface area (Å²) in [5.74, 6) is -5.20. The number of quaternary nitrogens is 1. The van der Waals surface area contributed by atoms with E-state index in [0.717, 1.165) is 11.1 Å². The van der Waals surface area contributed by atoms with Crippen molar-refractivity contribution in [1.82, 2.24) is 10.2 Å². The van der Waals surface area contributed by atoms with Gasteiger partial charge in [0.05, 0.1) is 50.9 Å². The summed E-state index contributed by atoms with van der Waals surface area (Å²) in [4.78, 5) is 75.4. The quantitative estimate of drug-likeness (QED) is 0.0746. The summed E-state index contributed by atoms with van der Waals surface area (Å²) in [5.41, 5.74) is -0.110. The molecule has 0 radical (unpaired) electrons. The molecule has 0 aromatic rings. The van der Waals surface area contributed by atoms with Crippen molar-refractivity contribution in [2.24, 2.45) is 0 Å². The van der Waals surface area contributed by atoms with Gasteiger partial charge >= 0.3 is 35.5 Å². The molecule has 25 heteroatoms. The summed E-state index contributed by atoms with van der Waals surface area (Å²) in [7, 11) is -17.8. The minimum atomic E-state index is -6.03. The van der Waals surface area contributed by atoms with E-state index in [2.05, 4.69) is 8.62 Å². The van der Waals surface area contributed by atoms with Crippen LogP contribution in [0.4, 0.5) is 4.79 Å². The van der Waals surface area contributed by atoms with Crippen LogP contribution in [0.3, 0.4) is 0 Å². The summed E-state index contributed by atoms with van der Waals surface area (Å²) in [6.45, 7) is -3.17. The van der Waals surface area contributed by atoms with E-state index in [-0.39, 0.29) is 12.0 Å². The fraction of sp³-hybridized carbons (Fsp3) is 0.706. The lowest BCUT2D eigenvalue weighted by Gasteiger charge is -2.50. The van der Waals surface area contributed by atoms with Crippen LogP contribution < -0.4 is 5.32 Å². The van der Waals surface area contributed by atoms with Crippen LogP contribution in [0.15, 0.2) is 11.8 Å². The molecule has 0 saturated carbocycles. The highest BCUT2D eigenvalue weighted by atomic mass is 31.3. The zero-order valence-electron chi connectivity index (χ0n) is 21.4. The number of hydrogen-bond donors (Lipinski definition) is 9. The molecule has 22 nitrogen and oxygen atoms in total. The Morgan fingerprint density at radius 2 is 1.79 bits per heavy atom. The van der Waals surface area contributed by atoms with Crippen molar-refractivity contribution < 1.29 is 95.2 Å². The summed E-state index contributed by atoms with van der Waals surface area (Å²) in [6, 6.07) is -1.16. The second kappa shape index (κ2) is 12.5. The first-order valence-corrected chi connectivity index (χ1v) is 16.1. The lowest BCUT2D eigenvalue weighted by atomic mass is 10.1. The maximum absolute atomic E-state index is 13.5. The number of phosphoric acid groups is 3. The molecule has 5 unspecified atom stereocenters. The Bertz CT molecular complexity index is 1270. The Morgan fingerprint density at radius 1 is 1.14 bits per heavy atom. The largest absolute Gasteiger partial charge is 0.490 e. The van der Waals surface area contributed by atoms with Crippen LogP contribution in [0, 0.1) is 0 Å². The Labute approximate surface area is 235 Å². The van der Waals surface area contributed by atoms with Crippen LogP contribution in [-0.4, -0.2) is 131 Å². The van der Waals surface area contributed by atoms with Crippen LogP contribution >= 0.6 is 23.5 Å². The summed E-state index contributed by atoms with van der Waals surface area (Å²) < 4.78 is 57.8. The number of nitrogens with zero attached hydrogens (tertiary/aromatic N) is 2. The Kier molecular flexibility index (Phi) is 10.4. The Balaban J connectivity index is 2.09. The fourth-order valence-electron chi connectivity index (χ4n) is 4.65. The lowest BCUT2D eigenvalue weighted by molar-refractivity contribution is -0.904. The Hall–Kier alpha value is -1.52. The highest BCUT2D eigenvalue weighted by Gasteiger charge is 2.63. The topological polar surface area (TPSA) is 326 Å². The van der Waals surface area contributed by atoms with Crippen molar-refractivity contribution in [3.05, 3.63) is 11.8 Å².